The molecule has 0 unspecified atom stereocenters. The lowest BCUT2D eigenvalue weighted by Crippen LogP contribution is -1.62. The first-order chi connectivity index (χ1) is 5.75. The SMILES string of the molecule is Cc1cc(-c2cc(C)ns2)sn1. The minimum Gasteiger partial charge on any atom is -0.197 e. The van der Waals surface area contributed by atoms with E-state index in [0.29, 0.717) is 0 Å². The molecular weight excluding hydrogens is 188 g/mol. The van der Waals surface area contributed by atoms with Gasteiger partial charge in [-0.1, -0.05) is 0 Å². The number of rotatable bonds is 1. The highest BCUT2D eigenvalue weighted by molar-refractivity contribution is 7.16. The number of hydrogen-bond donors (Lipinski definition) is 0. The van der Waals surface area contributed by atoms with E-state index in [9.17, 15) is 0 Å². The van der Waals surface area contributed by atoms with Gasteiger partial charge in [0.25, 0.3) is 0 Å². The van der Waals surface area contributed by atoms with Crippen LogP contribution in [0.3, 0.4) is 0 Å². The highest BCUT2D eigenvalue weighted by Gasteiger charge is 2.04. The van der Waals surface area contributed by atoms with Crippen LogP contribution in [0.25, 0.3) is 9.75 Å². The zero-order valence-corrected chi connectivity index (χ0v) is 8.50. The van der Waals surface area contributed by atoms with Gasteiger partial charge in [-0.3, -0.25) is 0 Å². The van der Waals surface area contributed by atoms with Crippen LogP contribution in [0.1, 0.15) is 11.4 Å². The van der Waals surface area contributed by atoms with Crippen molar-refractivity contribution < 1.29 is 0 Å². The van der Waals surface area contributed by atoms with E-state index in [1.54, 1.807) is 0 Å². The van der Waals surface area contributed by atoms with Gasteiger partial charge in [0.05, 0.1) is 21.1 Å². The van der Waals surface area contributed by atoms with E-state index in [4.69, 9.17) is 0 Å². The molecule has 12 heavy (non-hydrogen) atoms. The lowest BCUT2D eigenvalue weighted by Gasteiger charge is -1.82. The molecule has 0 saturated carbocycles. The summed E-state index contributed by atoms with van der Waals surface area (Å²) in [5.41, 5.74) is 2.17. The molecule has 0 bridgehead atoms. The maximum absolute atomic E-state index is 4.22. The fourth-order valence-corrected chi connectivity index (χ4v) is 2.52. The van der Waals surface area contributed by atoms with Crippen LogP contribution in [-0.2, 0) is 0 Å². The Bertz CT molecular complexity index is 351. The second-order valence-corrected chi connectivity index (χ2v) is 4.28. The van der Waals surface area contributed by atoms with Crippen molar-refractivity contribution in [3.05, 3.63) is 23.5 Å². The van der Waals surface area contributed by atoms with Crippen molar-refractivity contribution in [1.82, 2.24) is 8.75 Å². The summed E-state index contributed by atoms with van der Waals surface area (Å²) in [5.74, 6) is 0. The van der Waals surface area contributed by atoms with Crippen molar-refractivity contribution in [2.24, 2.45) is 0 Å². The summed E-state index contributed by atoms with van der Waals surface area (Å²) in [5, 5.41) is 0. The molecule has 0 amide bonds. The molecule has 2 aromatic heterocycles. The van der Waals surface area contributed by atoms with Gasteiger partial charge in [0.1, 0.15) is 0 Å². The molecule has 0 atom stereocenters. The third-order valence-electron chi connectivity index (χ3n) is 1.50. The van der Waals surface area contributed by atoms with Crippen LogP contribution in [0.4, 0.5) is 0 Å². The van der Waals surface area contributed by atoms with E-state index in [0.717, 1.165) is 11.4 Å². The van der Waals surface area contributed by atoms with E-state index in [1.165, 1.54) is 32.8 Å². The highest BCUT2D eigenvalue weighted by atomic mass is 32.1. The van der Waals surface area contributed by atoms with Gasteiger partial charge in [0, 0.05) is 0 Å². The summed E-state index contributed by atoms with van der Waals surface area (Å²) < 4.78 is 8.45. The molecule has 0 saturated heterocycles. The van der Waals surface area contributed by atoms with Crippen molar-refractivity contribution >= 4 is 23.1 Å². The summed E-state index contributed by atoms with van der Waals surface area (Å²) in [6, 6.07) is 4.19. The van der Waals surface area contributed by atoms with Crippen molar-refractivity contribution in [3.8, 4) is 9.75 Å². The molecule has 2 rings (SSSR count). The van der Waals surface area contributed by atoms with E-state index in [-0.39, 0.29) is 0 Å². The Hall–Kier alpha value is -0.740. The maximum atomic E-state index is 4.22. The Balaban J connectivity index is 2.43. The van der Waals surface area contributed by atoms with Crippen LogP contribution in [0.5, 0.6) is 0 Å². The van der Waals surface area contributed by atoms with Crippen LogP contribution < -0.4 is 0 Å². The Labute approximate surface area is 79.2 Å². The van der Waals surface area contributed by atoms with Gasteiger partial charge in [-0.05, 0) is 49.0 Å². The lowest BCUT2D eigenvalue weighted by atomic mass is 10.3. The average Bonchev–Trinajstić information content (AvgIpc) is 2.58. The average molecular weight is 196 g/mol. The Morgan fingerprint density at radius 3 is 1.58 bits per heavy atom. The van der Waals surface area contributed by atoms with Gasteiger partial charge < -0.3 is 0 Å². The fraction of sp³-hybridized carbons (Fsp3) is 0.250. The van der Waals surface area contributed by atoms with Gasteiger partial charge in [-0.25, -0.2) is 0 Å². The second-order valence-electron chi connectivity index (χ2n) is 2.67. The molecule has 2 aromatic rings. The molecule has 0 spiro atoms. The molecule has 2 nitrogen and oxygen atoms in total. The van der Waals surface area contributed by atoms with Crippen LogP contribution in [0.15, 0.2) is 12.1 Å². The van der Waals surface area contributed by atoms with E-state index < -0.39 is 0 Å². The molecule has 2 heterocycles. The first-order valence-corrected chi connectivity index (χ1v) is 5.17. The first-order valence-electron chi connectivity index (χ1n) is 3.63. The van der Waals surface area contributed by atoms with Crippen molar-refractivity contribution in [3.63, 3.8) is 0 Å². The Morgan fingerprint density at radius 1 is 0.917 bits per heavy atom. The molecule has 0 aromatic carbocycles. The van der Waals surface area contributed by atoms with Gasteiger partial charge in [0.15, 0.2) is 0 Å². The van der Waals surface area contributed by atoms with Crippen LogP contribution in [0, 0.1) is 13.8 Å². The molecule has 62 valence electrons. The maximum Gasteiger partial charge on any atom is 0.0668 e. The van der Waals surface area contributed by atoms with E-state index in [1.807, 2.05) is 13.8 Å². The quantitative estimate of drug-likeness (QED) is 0.701. The molecule has 0 radical (unpaired) electrons. The van der Waals surface area contributed by atoms with Crippen molar-refractivity contribution in [1.29, 1.82) is 0 Å². The Morgan fingerprint density at radius 2 is 1.33 bits per heavy atom. The minimum absolute atomic E-state index is 1.08. The fourth-order valence-electron chi connectivity index (χ4n) is 0.959. The molecule has 0 aliphatic heterocycles. The molecule has 0 N–H and O–H groups in total. The third kappa shape index (κ3) is 1.40. The monoisotopic (exact) mass is 196 g/mol. The molecule has 0 aliphatic carbocycles. The van der Waals surface area contributed by atoms with Gasteiger partial charge in [0.2, 0.25) is 0 Å². The first kappa shape index (κ1) is 7.89. The van der Waals surface area contributed by atoms with E-state index in [2.05, 4.69) is 20.9 Å². The van der Waals surface area contributed by atoms with Gasteiger partial charge in [-0.2, -0.15) is 8.75 Å². The molecule has 4 heteroatoms. The number of hydrogen-bond acceptors (Lipinski definition) is 4. The molecular formula is C8H8N2S2. The summed E-state index contributed by atoms with van der Waals surface area (Å²) in [6.45, 7) is 4.02. The predicted octanol–water partition coefficient (Wildman–Crippen LogP) is 2.88. The van der Waals surface area contributed by atoms with E-state index >= 15 is 0 Å². The summed E-state index contributed by atoms with van der Waals surface area (Å²) >= 11 is 3.07. The third-order valence-corrected chi connectivity index (χ3v) is 3.46. The number of aromatic nitrogens is 2. The highest BCUT2D eigenvalue weighted by Crippen LogP contribution is 2.28. The predicted molar refractivity (Wildman–Crippen MR) is 52.7 cm³/mol. The lowest BCUT2D eigenvalue weighted by molar-refractivity contribution is 1.34. The van der Waals surface area contributed by atoms with Crippen molar-refractivity contribution in [2.75, 3.05) is 0 Å². The largest absolute Gasteiger partial charge is 0.197 e. The van der Waals surface area contributed by atoms with Gasteiger partial charge >= 0.3 is 0 Å². The second kappa shape index (κ2) is 2.95. The van der Waals surface area contributed by atoms with Crippen LogP contribution >= 0.6 is 23.1 Å². The summed E-state index contributed by atoms with van der Waals surface area (Å²) in [6.07, 6.45) is 0. The minimum atomic E-state index is 1.08. The summed E-state index contributed by atoms with van der Waals surface area (Å²) in [7, 11) is 0. The normalized spacial score (nSPS) is 10.5. The van der Waals surface area contributed by atoms with Crippen LogP contribution in [0.2, 0.25) is 0 Å². The number of nitrogens with zero attached hydrogens (tertiary/aromatic N) is 2. The van der Waals surface area contributed by atoms with Crippen LogP contribution in [-0.4, -0.2) is 8.75 Å². The molecule has 0 aliphatic rings. The standard InChI is InChI=1S/C8H8N2S2/c1-5-3-7(11-9-5)8-4-6(2)10-12-8/h3-4H,1-2H3. The van der Waals surface area contributed by atoms with Gasteiger partial charge in [-0.15, -0.1) is 0 Å². The smallest absolute Gasteiger partial charge is 0.0668 e. The zero-order chi connectivity index (χ0) is 8.55. The topological polar surface area (TPSA) is 25.8 Å². The summed E-state index contributed by atoms with van der Waals surface area (Å²) in [4.78, 5) is 2.44. The zero-order valence-electron chi connectivity index (χ0n) is 6.87. The Kier molecular flexibility index (Phi) is 1.94. The molecule has 0 fully saturated rings. The number of aryl methyl sites for hydroxylation is 2. The van der Waals surface area contributed by atoms with Crippen molar-refractivity contribution in [2.45, 2.75) is 13.8 Å².